The summed E-state index contributed by atoms with van der Waals surface area (Å²) in [6, 6.07) is 17.7. The fraction of sp³-hybridized carbons (Fsp3) is 0.387. The Morgan fingerprint density at radius 2 is 1.86 bits per heavy atom. The molecule has 2 heterocycles. The summed E-state index contributed by atoms with van der Waals surface area (Å²) in [5, 5.41) is 13.8. The molecule has 1 saturated heterocycles. The van der Waals surface area contributed by atoms with Gasteiger partial charge in [-0.05, 0) is 78.6 Å². The number of amides is 1. The van der Waals surface area contributed by atoms with E-state index in [4.69, 9.17) is 23.2 Å². The molecule has 3 aromatic rings. The molecule has 1 aliphatic carbocycles. The van der Waals surface area contributed by atoms with Gasteiger partial charge in [0.25, 0.3) is 0 Å². The molecule has 0 spiro atoms. The first kappa shape index (κ1) is 30.5. The van der Waals surface area contributed by atoms with Gasteiger partial charge in [0.15, 0.2) is 0 Å². The van der Waals surface area contributed by atoms with E-state index < -0.39 is 33.9 Å². The number of aromatic nitrogens is 1. The van der Waals surface area contributed by atoms with Gasteiger partial charge in [0.05, 0.1) is 17.4 Å². The van der Waals surface area contributed by atoms with Crippen molar-refractivity contribution in [1.82, 2.24) is 14.6 Å². The molecule has 1 amide bonds. The van der Waals surface area contributed by atoms with Crippen molar-refractivity contribution in [2.45, 2.75) is 63.1 Å². The average molecular weight is 631 g/mol. The molecule has 42 heavy (non-hydrogen) atoms. The van der Waals surface area contributed by atoms with Crippen molar-refractivity contribution < 1.29 is 23.1 Å². The van der Waals surface area contributed by atoms with E-state index in [1.807, 2.05) is 36.4 Å². The van der Waals surface area contributed by atoms with Gasteiger partial charge in [-0.2, -0.15) is 4.31 Å². The van der Waals surface area contributed by atoms with E-state index in [-0.39, 0.29) is 43.6 Å². The second kappa shape index (κ2) is 12.3. The highest BCUT2D eigenvalue weighted by Gasteiger charge is 2.55. The zero-order chi connectivity index (χ0) is 30.1. The quantitative estimate of drug-likeness (QED) is 0.239. The van der Waals surface area contributed by atoms with Gasteiger partial charge in [0.2, 0.25) is 16.8 Å². The van der Waals surface area contributed by atoms with E-state index in [0.29, 0.717) is 10.0 Å². The second-order valence-corrected chi connectivity index (χ2v) is 13.5. The van der Waals surface area contributed by atoms with Crippen molar-refractivity contribution in [1.29, 1.82) is 0 Å². The molecular formula is C31H33Cl2N3O5S. The van der Waals surface area contributed by atoms with Crippen LogP contribution in [0.3, 0.4) is 0 Å². The van der Waals surface area contributed by atoms with Crippen LogP contribution in [0.2, 0.25) is 10.0 Å². The van der Waals surface area contributed by atoms with Crippen LogP contribution in [0.1, 0.15) is 61.6 Å². The first-order valence-corrected chi connectivity index (χ1v) is 15.8. The topological polar surface area (TPSA) is 117 Å². The standard InChI is InChI=1S/C31H33Cl2N3O5S/c1-30(17-28(37)38)15-26(21-5-2-6-25(33)14-21)27(35-29(30)39)16-31(22-7-8-22,23-9-11-24(32)12-10-23)36(42(40)41)19-20-4-3-13-34-18-20/h2-6,9-14,18,22,26-27,42H,7-8,15-17,19H2,1H3,(H,35,39)(H,37,38). The van der Waals surface area contributed by atoms with Crippen LogP contribution < -0.4 is 5.32 Å². The predicted octanol–water partition coefficient (Wildman–Crippen LogP) is 5.57. The zero-order valence-corrected chi connectivity index (χ0v) is 25.5. The predicted molar refractivity (Wildman–Crippen MR) is 162 cm³/mol. The Balaban J connectivity index is 1.65. The molecule has 2 aliphatic rings. The van der Waals surface area contributed by atoms with E-state index in [0.717, 1.165) is 29.5 Å². The highest BCUT2D eigenvalue weighted by Crippen LogP contribution is 2.55. The molecule has 11 heteroatoms. The summed E-state index contributed by atoms with van der Waals surface area (Å²) in [5.74, 6) is -1.75. The lowest BCUT2D eigenvalue weighted by Crippen LogP contribution is -2.58. The van der Waals surface area contributed by atoms with Gasteiger partial charge >= 0.3 is 5.97 Å². The normalized spacial score (nSPS) is 23.9. The van der Waals surface area contributed by atoms with Crippen molar-refractivity contribution in [2.75, 3.05) is 0 Å². The molecule has 4 unspecified atom stereocenters. The number of carboxylic acids is 1. The lowest BCUT2D eigenvalue weighted by molar-refractivity contribution is -0.147. The summed E-state index contributed by atoms with van der Waals surface area (Å²) in [4.78, 5) is 29.6. The third-order valence-electron chi connectivity index (χ3n) is 8.68. The number of halogens is 2. The number of nitrogens with zero attached hydrogens (tertiary/aromatic N) is 2. The number of aliphatic carboxylic acids is 1. The summed E-state index contributed by atoms with van der Waals surface area (Å²) >= 11 is 12.7. The third-order valence-corrected chi connectivity index (χ3v) is 10.1. The fourth-order valence-electron chi connectivity index (χ4n) is 6.56. The van der Waals surface area contributed by atoms with Gasteiger partial charge in [-0.1, -0.05) is 60.5 Å². The number of pyridine rings is 1. The minimum Gasteiger partial charge on any atom is -0.481 e. The lowest BCUT2D eigenvalue weighted by atomic mass is 9.66. The number of nitrogens with one attached hydrogen (secondary N) is 1. The Bertz CT molecular complexity index is 1530. The monoisotopic (exact) mass is 629 g/mol. The Morgan fingerprint density at radius 1 is 1.12 bits per heavy atom. The SMILES string of the molecule is CC1(CC(=O)O)CC(c2cccc(Cl)c2)C(CC(c2ccc(Cl)cc2)(C2CC2)N(Cc2cccnc2)[SH](=O)=O)NC1=O. The van der Waals surface area contributed by atoms with E-state index in [2.05, 4.69) is 10.3 Å². The molecule has 4 atom stereocenters. The molecule has 2 fully saturated rings. The minimum absolute atomic E-state index is 0.00695. The van der Waals surface area contributed by atoms with Crippen LogP contribution in [-0.2, 0) is 32.6 Å². The molecule has 1 aromatic heterocycles. The van der Waals surface area contributed by atoms with Gasteiger partial charge < -0.3 is 10.4 Å². The number of carbonyl (C=O) groups excluding carboxylic acids is 1. The molecule has 2 N–H and O–H groups in total. The first-order valence-electron chi connectivity index (χ1n) is 13.9. The van der Waals surface area contributed by atoms with Gasteiger partial charge in [-0.15, -0.1) is 0 Å². The van der Waals surface area contributed by atoms with Crippen LogP contribution in [0.15, 0.2) is 73.1 Å². The summed E-state index contributed by atoms with van der Waals surface area (Å²) in [7, 11) is -3.08. The number of thiol groups is 1. The average Bonchev–Trinajstić information content (AvgIpc) is 3.79. The summed E-state index contributed by atoms with van der Waals surface area (Å²) in [6.45, 7) is 1.77. The van der Waals surface area contributed by atoms with Crippen LogP contribution >= 0.6 is 23.2 Å². The summed E-state index contributed by atoms with van der Waals surface area (Å²) in [6.07, 6.45) is 5.13. The maximum absolute atomic E-state index is 13.6. The van der Waals surface area contributed by atoms with E-state index in [9.17, 15) is 23.1 Å². The number of rotatable bonds is 11. The number of hydrogen-bond donors (Lipinski definition) is 3. The van der Waals surface area contributed by atoms with Crippen LogP contribution in [0.4, 0.5) is 0 Å². The number of carboxylic acid groups (broad SMARTS) is 1. The van der Waals surface area contributed by atoms with Gasteiger partial charge in [0.1, 0.15) is 0 Å². The third kappa shape index (κ3) is 6.34. The van der Waals surface area contributed by atoms with Crippen LogP contribution in [-0.4, -0.2) is 40.7 Å². The molecule has 1 aliphatic heterocycles. The Kier molecular flexibility index (Phi) is 8.94. The largest absolute Gasteiger partial charge is 0.481 e. The summed E-state index contributed by atoms with van der Waals surface area (Å²) in [5.41, 5.74) is 0.219. The number of benzene rings is 2. The molecule has 5 rings (SSSR count). The van der Waals surface area contributed by atoms with Crippen molar-refractivity contribution in [3.8, 4) is 0 Å². The van der Waals surface area contributed by atoms with Crippen molar-refractivity contribution in [3.05, 3.63) is 99.8 Å². The second-order valence-electron chi connectivity index (χ2n) is 11.6. The molecule has 222 valence electrons. The molecule has 0 bridgehead atoms. The van der Waals surface area contributed by atoms with E-state index >= 15 is 0 Å². The van der Waals surface area contributed by atoms with Crippen LogP contribution in [0.25, 0.3) is 0 Å². The Hall–Kier alpha value is -2.98. The zero-order valence-electron chi connectivity index (χ0n) is 23.1. The maximum atomic E-state index is 13.6. The number of piperidine rings is 1. The summed E-state index contributed by atoms with van der Waals surface area (Å²) < 4.78 is 27.9. The van der Waals surface area contributed by atoms with Crippen molar-refractivity contribution >= 4 is 46.0 Å². The first-order chi connectivity index (χ1) is 20.0. The smallest absolute Gasteiger partial charge is 0.304 e. The molecule has 2 aromatic carbocycles. The van der Waals surface area contributed by atoms with Crippen molar-refractivity contribution in [2.24, 2.45) is 11.3 Å². The highest BCUT2D eigenvalue weighted by molar-refractivity contribution is 7.69. The fourth-order valence-corrected chi connectivity index (χ4v) is 7.81. The number of carbonyl (C=O) groups is 2. The molecule has 0 radical (unpaired) electrons. The Morgan fingerprint density at radius 3 is 2.45 bits per heavy atom. The lowest BCUT2D eigenvalue weighted by Gasteiger charge is -2.48. The van der Waals surface area contributed by atoms with Gasteiger partial charge in [-0.3, -0.25) is 14.6 Å². The van der Waals surface area contributed by atoms with E-state index in [1.54, 1.807) is 43.6 Å². The Labute approximate surface area is 257 Å². The van der Waals surface area contributed by atoms with Crippen LogP contribution in [0.5, 0.6) is 0 Å². The van der Waals surface area contributed by atoms with Crippen molar-refractivity contribution in [3.63, 3.8) is 0 Å². The van der Waals surface area contributed by atoms with Gasteiger partial charge in [-0.25, -0.2) is 8.42 Å². The number of hydrogen-bond acceptors (Lipinski definition) is 5. The van der Waals surface area contributed by atoms with Crippen LogP contribution in [0, 0.1) is 11.3 Å². The molecular weight excluding hydrogens is 597 g/mol. The van der Waals surface area contributed by atoms with Gasteiger partial charge in [0, 0.05) is 40.9 Å². The highest BCUT2D eigenvalue weighted by atomic mass is 35.5. The maximum Gasteiger partial charge on any atom is 0.304 e. The van der Waals surface area contributed by atoms with E-state index in [1.165, 1.54) is 4.31 Å². The molecule has 8 nitrogen and oxygen atoms in total. The minimum atomic E-state index is -3.08. The molecule has 1 saturated carbocycles.